The summed E-state index contributed by atoms with van der Waals surface area (Å²) in [6, 6.07) is 8.24. The van der Waals surface area contributed by atoms with Gasteiger partial charge in [0.15, 0.2) is 23.2 Å². The van der Waals surface area contributed by atoms with Crippen LogP contribution >= 0.6 is 0 Å². The molecule has 3 aromatic rings. The molecule has 1 fully saturated rings. The number of aliphatic hydroxyl groups excluding tert-OH is 3. The second kappa shape index (κ2) is 8.32. The molecule has 3 heterocycles. The molecule has 0 radical (unpaired) electrons. The summed E-state index contributed by atoms with van der Waals surface area (Å²) in [7, 11) is 0. The maximum atomic E-state index is 11.8. The second-order valence-electron chi connectivity index (χ2n) is 7.00. The number of imidazole rings is 1. The normalized spacial score (nSPS) is 24.8. The van der Waals surface area contributed by atoms with Crippen LogP contribution in [-0.2, 0) is 16.0 Å². The summed E-state index contributed by atoms with van der Waals surface area (Å²) < 4.78 is 6.94. The molecule has 158 valence electrons. The van der Waals surface area contributed by atoms with Crippen molar-refractivity contribution in [2.75, 3.05) is 11.9 Å². The number of hydrogen-bond acceptors (Lipinski definition) is 9. The highest BCUT2D eigenvalue weighted by Crippen LogP contribution is 2.32. The van der Waals surface area contributed by atoms with Crippen LogP contribution in [0, 0.1) is 0 Å². The van der Waals surface area contributed by atoms with Crippen LogP contribution in [0.2, 0.25) is 0 Å². The highest BCUT2D eigenvalue weighted by atomic mass is 16.6. The fraction of sp³-hybridized carbons (Fsp3) is 0.368. The van der Waals surface area contributed by atoms with Crippen molar-refractivity contribution in [3.63, 3.8) is 0 Å². The number of carboxylic acids is 1. The molecule has 0 aliphatic carbocycles. The number of aromatic nitrogens is 4. The lowest BCUT2D eigenvalue weighted by atomic mass is 10.1. The molecule has 0 bridgehead atoms. The Morgan fingerprint density at radius 1 is 1.17 bits per heavy atom. The maximum Gasteiger partial charge on any atom is 0.326 e. The first kappa shape index (κ1) is 20.2. The second-order valence-corrected chi connectivity index (χ2v) is 7.00. The largest absolute Gasteiger partial charge is 0.480 e. The number of aliphatic hydroxyl groups is 3. The van der Waals surface area contributed by atoms with Crippen molar-refractivity contribution >= 4 is 23.0 Å². The van der Waals surface area contributed by atoms with Crippen molar-refractivity contribution < 1.29 is 30.0 Å². The summed E-state index contributed by atoms with van der Waals surface area (Å²) in [5.74, 6) is -0.831. The number of anilines is 1. The number of aliphatic carboxylic acids is 1. The monoisotopic (exact) mass is 415 g/mol. The number of rotatable bonds is 7. The first-order valence-corrected chi connectivity index (χ1v) is 9.33. The molecule has 1 aliphatic rings. The Morgan fingerprint density at radius 2 is 1.93 bits per heavy atom. The molecule has 1 aromatic carbocycles. The van der Waals surface area contributed by atoms with Crippen LogP contribution in [0.15, 0.2) is 43.0 Å². The molecule has 1 aliphatic heterocycles. The topological polar surface area (TPSA) is 163 Å². The van der Waals surface area contributed by atoms with Gasteiger partial charge in [-0.25, -0.2) is 19.7 Å². The minimum Gasteiger partial charge on any atom is -0.480 e. The van der Waals surface area contributed by atoms with E-state index in [1.807, 2.05) is 30.3 Å². The van der Waals surface area contributed by atoms with Crippen LogP contribution in [0.3, 0.4) is 0 Å². The van der Waals surface area contributed by atoms with Crippen molar-refractivity contribution in [3.8, 4) is 0 Å². The Labute approximate surface area is 170 Å². The van der Waals surface area contributed by atoms with Crippen molar-refractivity contribution in [3.05, 3.63) is 48.5 Å². The van der Waals surface area contributed by atoms with E-state index < -0.39 is 43.2 Å². The molecule has 11 heteroatoms. The number of nitrogens with one attached hydrogen (secondary N) is 1. The highest BCUT2D eigenvalue weighted by Gasteiger charge is 2.44. The van der Waals surface area contributed by atoms with Crippen LogP contribution in [0.1, 0.15) is 11.8 Å². The smallest absolute Gasteiger partial charge is 0.326 e. The molecule has 5 N–H and O–H groups in total. The van der Waals surface area contributed by atoms with Gasteiger partial charge in [-0.05, 0) is 5.56 Å². The van der Waals surface area contributed by atoms with Gasteiger partial charge >= 0.3 is 5.97 Å². The van der Waals surface area contributed by atoms with Crippen LogP contribution in [0.5, 0.6) is 0 Å². The quantitative estimate of drug-likeness (QED) is 0.341. The number of benzene rings is 1. The fourth-order valence-electron chi connectivity index (χ4n) is 3.47. The molecule has 11 nitrogen and oxygen atoms in total. The number of hydrogen-bond donors (Lipinski definition) is 5. The first-order valence-electron chi connectivity index (χ1n) is 9.33. The van der Waals surface area contributed by atoms with Gasteiger partial charge in [0.25, 0.3) is 0 Å². The van der Waals surface area contributed by atoms with E-state index in [1.54, 1.807) is 0 Å². The molecular formula is C19H21N5O6. The van der Waals surface area contributed by atoms with Crippen molar-refractivity contribution in [1.82, 2.24) is 19.5 Å². The third kappa shape index (κ3) is 3.71. The number of carboxylic acid groups (broad SMARTS) is 1. The van der Waals surface area contributed by atoms with Gasteiger partial charge in [-0.15, -0.1) is 0 Å². The van der Waals surface area contributed by atoms with Crippen LogP contribution in [-0.4, -0.2) is 76.9 Å². The summed E-state index contributed by atoms with van der Waals surface area (Å²) in [5.41, 5.74) is 1.42. The molecule has 0 unspecified atom stereocenters. The number of ether oxygens (including phenoxy) is 1. The van der Waals surface area contributed by atoms with E-state index in [2.05, 4.69) is 20.3 Å². The Bertz CT molecular complexity index is 1030. The van der Waals surface area contributed by atoms with E-state index in [1.165, 1.54) is 17.2 Å². The summed E-state index contributed by atoms with van der Waals surface area (Å²) in [6.07, 6.45) is -1.68. The lowest BCUT2D eigenvalue weighted by molar-refractivity contribution is -0.137. The zero-order valence-corrected chi connectivity index (χ0v) is 15.7. The van der Waals surface area contributed by atoms with E-state index in [-0.39, 0.29) is 23.4 Å². The predicted molar refractivity (Wildman–Crippen MR) is 104 cm³/mol. The SMILES string of the molecule is O=C(O)[C@H](Cc1ccccc1)Nc1ncnc2c1ncn2[C@@H]1O[C@H](CO)[C@@H](O)[C@H]1O. The minimum atomic E-state index is -1.30. The molecule has 0 spiro atoms. The average molecular weight is 415 g/mol. The molecule has 2 aromatic heterocycles. The Morgan fingerprint density at radius 3 is 2.60 bits per heavy atom. The predicted octanol–water partition coefficient (Wildman–Crippen LogP) is -0.454. The van der Waals surface area contributed by atoms with Crippen molar-refractivity contribution in [1.29, 1.82) is 0 Å². The van der Waals surface area contributed by atoms with Gasteiger partial charge in [0, 0.05) is 6.42 Å². The van der Waals surface area contributed by atoms with Gasteiger partial charge < -0.3 is 30.5 Å². The van der Waals surface area contributed by atoms with E-state index in [0.717, 1.165) is 5.56 Å². The molecule has 0 saturated carbocycles. The van der Waals surface area contributed by atoms with Gasteiger partial charge in [0.2, 0.25) is 0 Å². The molecule has 1 saturated heterocycles. The first-order chi connectivity index (χ1) is 14.5. The van der Waals surface area contributed by atoms with Crippen molar-refractivity contribution in [2.24, 2.45) is 0 Å². The number of nitrogens with zero attached hydrogens (tertiary/aromatic N) is 4. The third-order valence-electron chi connectivity index (χ3n) is 5.04. The van der Waals surface area contributed by atoms with Gasteiger partial charge in [0.05, 0.1) is 12.9 Å². The molecule has 4 rings (SSSR count). The third-order valence-corrected chi connectivity index (χ3v) is 5.04. The summed E-state index contributed by atoms with van der Waals surface area (Å²) >= 11 is 0. The Kier molecular flexibility index (Phi) is 5.59. The van der Waals surface area contributed by atoms with Gasteiger partial charge in [-0.1, -0.05) is 30.3 Å². The van der Waals surface area contributed by atoms with E-state index in [9.17, 15) is 25.2 Å². The van der Waals surface area contributed by atoms with Crippen LogP contribution in [0.4, 0.5) is 5.82 Å². The van der Waals surface area contributed by atoms with Gasteiger partial charge in [-0.2, -0.15) is 0 Å². The average Bonchev–Trinajstić information content (AvgIpc) is 3.30. The standard InChI is InChI=1S/C19H21N5O6/c25-7-12-14(26)15(27)18(30-12)24-9-22-13-16(20-8-21-17(13)24)23-11(19(28)29)6-10-4-2-1-3-5-10/h1-5,8-9,11-12,14-15,18,25-27H,6-7H2,(H,28,29)(H,20,21,23)/t11-,12+,14+,15+,18+/m0/s1. The zero-order valence-electron chi connectivity index (χ0n) is 15.7. The summed E-state index contributed by atoms with van der Waals surface area (Å²) in [5, 5.41) is 42.1. The van der Waals surface area contributed by atoms with Gasteiger partial charge in [-0.3, -0.25) is 4.57 Å². The van der Waals surface area contributed by atoms with E-state index >= 15 is 0 Å². The summed E-state index contributed by atoms with van der Waals surface area (Å²) in [4.78, 5) is 24.3. The van der Waals surface area contributed by atoms with Crippen molar-refractivity contribution in [2.45, 2.75) is 37.0 Å². The van der Waals surface area contributed by atoms with Crippen LogP contribution in [0.25, 0.3) is 11.2 Å². The highest BCUT2D eigenvalue weighted by molar-refractivity contribution is 5.86. The zero-order chi connectivity index (χ0) is 21.3. The Balaban J connectivity index is 1.62. The molecule has 0 amide bonds. The van der Waals surface area contributed by atoms with Gasteiger partial charge in [0.1, 0.15) is 30.7 Å². The maximum absolute atomic E-state index is 11.8. The molecule has 5 atom stereocenters. The Hall–Kier alpha value is -3.12. The summed E-state index contributed by atoms with van der Waals surface area (Å²) in [6.45, 7) is -0.455. The number of carbonyl (C=O) groups is 1. The van der Waals surface area contributed by atoms with Crippen LogP contribution < -0.4 is 5.32 Å². The molecular weight excluding hydrogens is 394 g/mol. The van der Waals surface area contributed by atoms with E-state index in [4.69, 9.17) is 4.74 Å². The lowest BCUT2D eigenvalue weighted by Gasteiger charge is -2.17. The van der Waals surface area contributed by atoms with E-state index in [0.29, 0.717) is 0 Å². The lowest BCUT2D eigenvalue weighted by Crippen LogP contribution is -2.33. The molecule has 30 heavy (non-hydrogen) atoms. The fourth-order valence-corrected chi connectivity index (χ4v) is 3.47. The minimum absolute atomic E-state index is 0.217. The number of fused-ring (bicyclic) bond motifs is 1.